The van der Waals surface area contributed by atoms with Crippen LogP contribution in [0.2, 0.25) is 0 Å². The third-order valence-electron chi connectivity index (χ3n) is 5.76. The Labute approximate surface area is 169 Å². The third kappa shape index (κ3) is 4.10. The predicted molar refractivity (Wildman–Crippen MR) is 109 cm³/mol. The molecule has 148 valence electrons. The lowest BCUT2D eigenvalue weighted by molar-refractivity contribution is 0.214. The van der Waals surface area contributed by atoms with Gasteiger partial charge in [0.1, 0.15) is 5.82 Å². The highest BCUT2D eigenvalue weighted by molar-refractivity contribution is 5.56. The van der Waals surface area contributed by atoms with Crippen LogP contribution in [0, 0.1) is 0 Å². The third-order valence-corrected chi connectivity index (χ3v) is 5.76. The van der Waals surface area contributed by atoms with Crippen molar-refractivity contribution in [1.29, 1.82) is 0 Å². The highest BCUT2D eigenvalue weighted by Crippen LogP contribution is 2.37. The minimum absolute atomic E-state index is 0.0623. The highest BCUT2D eigenvalue weighted by Gasteiger charge is 2.28. The zero-order valence-electron chi connectivity index (χ0n) is 16.3. The lowest BCUT2D eigenvalue weighted by Gasteiger charge is -2.24. The van der Waals surface area contributed by atoms with Crippen LogP contribution in [0.1, 0.15) is 43.1 Å². The molecule has 7 heteroatoms. The van der Waals surface area contributed by atoms with Gasteiger partial charge in [0.25, 0.3) is 5.56 Å². The lowest BCUT2D eigenvalue weighted by atomic mass is 10.2. The molecule has 0 bridgehead atoms. The van der Waals surface area contributed by atoms with Crippen molar-refractivity contribution in [3.8, 4) is 11.3 Å². The van der Waals surface area contributed by atoms with Gasteiger partial charge < -0.3 is 0 Å². The number of rotatable bonds is 6. The minimum atomic E-state index is -0.0623. The first-order valence-electron chi connectivity index (χ1n) is 10.3. The van der Waals surface area contributed by atoms with Gasteiger partial charge in [0, 0.05) is 48.7 Å². The molecule has 5 rings (SSSR count). The summed E-state index contributed by atoms with van der Waals surface area (Å²) in [6.45, 7) is 2.41. The van der Waals surface area contributed by atoms with Crippen LogP contribution in [0.5, 0.6) is 0 Å². The molecule has 7 nitrogen and oxygen atoms in total. The highest BCUT2D eigenvalue weighted by atomic mass is 16.1. The van der Waals surface area contributed by atoms with Crippen molar-refractivity contribution < 1.29 is 0 Å². The first-order chi connectivity index (χ1) is 14.3. The summed E-state index contributed by atoms with van der Waals surface area (Å²) in [5.41, 5.74) is 2.76. The van der Waals surface area contributed by atoms with Gasteiger partial charge in [0.2, 0.25) is 0 Å². The Bertz CT molecular complexity index is 1050. The Balaban J connectivity index is 1.33. The monoisotopic (exact) mass is 388 g/mol. The normalized spacial score (nSPS) is 19.5. The summed E-state index contributed by atoms with van der Waals surface area (Å²) < 4.78 is 1.61. The predicted octanol–water partition coefficient (Wildman–Crippen LogP) is 2.64. The maximum absolute atomic E-state index is 12.4. The van der Waals surface area contributed by atoms with Crippen molar-refractivity contribution in [1.82, 2.24) is 29.6 Å². The second-order valence-electron chi connectivity index (χ2n) is 7.92. The van der Waals surface area contributed by atoms with Crippen LogP contribution in [-0.4, -0.2) is 42.2 Å². The van der Waals surface area contributed by atoms with E-state index in [0.29, 0.717) is 12.5 Å². The average Bonchev–Trinajstić information content (AvgIpc) is 3.52. The quantitative estimate of drug-likeness (QED) is 0.646. The number of nitrogens with zero attached hydrogens (tertiary/aromatic N) is 6. The van der Waals surface area contributed by atoms with Gasteiger partial charge in [-0.3, -0.25) is 14.7 Å². The van der Waals surface area contributed by atoms with Crippen LogP contribution in [0.4, 0.5) is 0 Å². The topological polar surface area (TPSA) is 76.8 Å². The molecule has 0 amide bonds. The van der Waals surface area contributed by atoms with Gasteiger partial charge in [-0.1, -0.05) is 0 Å². The van der Waals surface area contributed by atoms with E-state index in [1.54, 1.807) is 29.2 Å². The smallest absolute Gasteiger partial charge is 0.266 e. The van der Waals surface area contributed by atoms with Crippen molar-refractivity contribution >= 4 is 0 Å². The molecule has 1 unspecified atom stereocenters. The molecule has 0 aromatic carbocycles. The van der Waals surface area contributed by atoms with Gasteiger partial charge >= 0.3 is 0 Å². The first kappa shape index (κ1) is 18.1. The van der Waals surface area contributed by atoms with E-state index in [4.69, 9.17) is 4.98 Å². The van der Waals surface area contributed by atoms with Crippen LogP contribution < -0.4 is 5.56 Å². The molecule has 1 saturated heterocycles. The van der Waals surface area contributed by atoms with Crippen LogP contribution in [0.25, 0.3) is 11.3 Å². The van der Waals surface area contributed by atoms with Crippen LogP contribution in [0.15, 0.2) is 53.7 Å². The fourth-order valence-corrected chi connectivity index (χ4v) is 4.01. The molecule has 0 radical (unpaired) electrons. The van der Waals surface area contributed by atoms with E-state index in [-0.39, 0.29) is 11.6 Å². The Morgan fingerprint density at radius 2 is 1.86 bits per heavy atom. The maximum Gasteiger partial charge on any atom is 0.266 e. The molecule has 0 spiro atoms. The van der Waals surface area contributed by atoms with E-state index >= 15 is 0 Å². The molecular formula is C22H24N6O. The van der Waals surface area contributed by atoms with E-state index < -0.39 is 0 Å². The summed E-state index contributed by atoms with van der Waals surface area (Å²) in [7, 11) is 0. The first-order valence-corrected chi connectivity index (χ1v) is 10.3. The molecule has 1 atom stereocenters. The Hall–Kier alpha value is -2.93. The van der Waals surface area contributed by atoms with Crippen LogP contribution in [-0.2, 0) is 13.1 Å². The Morgan fingerprint density at radius 1 is 1.00 bits per heavy atom. The Kier molecular flexibility index (Phi) is 4.89. The molecule has 4 heterocycles. The largest absolute Gasteiger partial charge is 0.293 e. The molecule has 2 fully saturated rings. The summed E-state index contributed by atoms with van der Waals surface area (Å²) in [6.07, 6.45) is 9.96. The molecular weight excluding hydrogens is 364 g/mol. The molecule has 2 aliphatic rings. The molecule has 29 heavy (non-hydrogen) atoms. The van der Waals surface area contributed by atoms with Gasteiger partial charge in [-0.2, -0.15) is 5.10 Å². The number of hydrogen-bond donors (Lipinski definition) is 0. The minimum Gasteiger partial charge on any atom is -0.293 e. The molecule has 3 aromatic rings. The summed E-state index contributed by atoms with van der Waals surface area (Å²) in [5.74, 6) is 1.55. The lowest BCUT2D eigenvalue weighted by Crippen LogP contribution is -2.36. The summed E-state index contributed by atoms with van der Waals surface area (Å²) in [4.78, 5) is 28.1. The summed E-state index contributed by atoms with van der Waals surface area (Å²) in [6, 6.07) is 9.49. The second-order valence-corrected chi connectivity index (χ2v) is 7.92. The van der Waals surface area contributed by atoms with Gasteiger partial charge in [-0.05, 0) is 56.5 Å². The molecule has 3 aromatic heterocycles. The average molecular weight is 388 g/mol. The van der Waals surface area contributed by atoms with Gasteiger partial charge in [-0.25, -0.2) is 14.6 Å². The van der Waals surface area contributed by atoms with Crippen LogP contribution in [0.3, 0.4) is 0 Å². The molecule has 0 N–H and O–H groups in total. The van der Waals surface area contributed by atoms with Crippen molar-refractivity contribution in [2.45, 2.75) is 50.7 Å². The van der Waals surface area contributed by atoms with E-state index in [9.17, 15) is 4.79 Å². The zero-order chi connectivity index (χ0) is 19.6. The standard InChI is InChI=1S/C22H24N6O/c29-21-6-5-20(16-7-10-23-11-8-16)26-28(21)15-19-2-1-13-27(19)14-18-9-12-24-22(25-18)17-3-4-17/h5-12,17,19H,1-4,13-15H2. The van der Waals surface area contributed by atoms with Crippen molar-refractivity contribution in [2.24, 2.45) is 0 Å². The summed E-state index contributed by atoms with van der Waals surface area (Å²) in [5, 5.41) is 4.62. The van der Waals surface area contributed by atoms with E-state index in [2.05, 4.69) is 20.0 Å². The van der Waals surface area contributed by atoms with E-state index in [1.807, 2.05) is 24.4 Å². The van der Waals surface area contributed by atoms with Gasteiger partial charge in [-0.15, -0.1) is 0 Å². The Morgan fingerprint density at radius 3 is 2.69 bits per heavy atom. The molecule has 1 aliphatic heterocycles. The fourth-order valence-electron chi connectivity index (χ4n) is 4.01. The zero-order valence-corrected chi connectivity index (χ0v) is 16.3. The second kappa shape index (κ2) is 7.83. The maximum atomic E-state index is 12.4. The van der Waals surface area contributed by atoms with Gasteiger partial charge in [0.05, 0.1) is 17.9 Å². The van der Waals surface area contributed by atoms with Crippen molar-refractivity contribution in [2.75, 3.05) is 6.54 Å². The SMILES string of the molecule is O=c1ccc(-c2ccncc2)nn1CC1CCCN1Cc1ccnc(C2CC2)n1. The van der Waals surface area contributed by atoms with E-state index in [1.165, 1.54) is 12.8 Å². The molecule has 1 saturated carbocycles. The van der Waals surface area contributed by atoms with Crippen molar-refractivity contribution in [3.63, 3.8) is 0 Å². The van der Waals surface area contributed by atoms with Crippen LogP contribution >= 0.6 is 0 Å². The number of aromatic nitrogens is 5. The number of hydrogen-bond acceptors (Lipinski definition) is 6. The van der Waals surface area contributed by atoms with E-state index in [0.717, 1.165) is 48.7 Å². The van der Waals surface area contributed by atoms with Crippen molar-refractivity contribution in [3.05, 3.63) is 70.8 Å². The van der Waals surface area contributed by atoms with Gasteiger partial charge in [0.15, 0.2) is 0 Å². The fraction of sp³-hybridized carbons (Fsp3) is 0.409. The number of pyridine rings is 1. The summed E-state index contributed by atoms with van der Waals surface area (Å²) >= 11 is 0. The number of likely N-dealkylation sites (tertiary alicyclic amines) is 1. The molecule has 1 aliphatic carbocycles.